The highest BCUT2D eigenvalue weighted by molar-refractivity contribution is 5.85. The second kappa shape index (κ2) is 9.78. The minimum Gasteiger partial charge on any atom is -0.493 e. The van der Waals surface area contributed by atoms with Crippen LogP contribution < -0.4 is 10.1 Å². The van der Waals surface area contributed by atoms with Crippen molar-refractivity contribution in [1.82, 2.24) is 10.2 Å². The first-order valence-corrected chi connectivity index (χ1v) is 8.32. The average Bonchev–Trinajstić information content (AvgIpc) is 3.03. The van der Waals surface area contributed by atoms with Crippen molar-refractivity contribution >= 4 is 18.3 Å². The molecule has 0 saturated carbocycles. The van der Waals surface area contributed by atoms with E-state index >= 15 is 0 Å². The quantitative estimate of drug-likeness (QED) is 0.829. The normalized spacial score (nSPS) is 16.7. The van der Waals surface area contributed by atoms with Crippen LogP contribution in [0.2, 0.25) is 0 Å². The van der Waals surface area contributed by atoms with Gasteiger partial charge in [-0.15, -0.1) is 12.4 Å². The van der Waals surface area contributed by atoms with Crippen LogP contribution in [0.5, 0.6) is 5.75 Å². The van der Waals surface area contributed by atoms with Crippen molar-refractivity contribution in [1.29, 1.82) is 0 Å². The molecule has 1 heterocycles. The number of nitrogens with zero attached hydrogens (tertiary/aromatic N) is 1. The van der Waals surface area contributed by atoms with Gasteiger partial charge in [-0.25, -0.2) is 0 Å². The predicted octanol–water partition coefficient (Wildman–Crippen LogP) is 3.09. The van der Waals surface area contributed by atoms with Gasteiger partial charge in [0.05, 0.1) is 13.0 Å². The molecule has 0 aliphatic carbocycles. The van der Waals surface area contributed by atoms with Gasteiger partial charge in [-0.2, -0.15) is 0 Å². The molecule has 5 heteroatoms. The van der Waals surface area contributed by atoms with Crippen molar-refractivity contribution in [2.24, 2.45) is 0 Å². The van der Waals surface area contributed by atoms with Crippen LogP contribution in [0.3, 0.4) is 0 Å². The fourth-order valence-corrected chi connectivity index (χ4v) is 2.93. The fraction of sp³-hybridized carbons (Fsp3) is 0.611. The average molecular weight is 341 g/mol. The van der Waals surface area contributed by atoms with E-state index in [2.05, 4.69) is 32.2 Å². The second-order valence-electron chi connectivity index (χ2n) is 6.03. The predicted molar refractivity (Wildman–Crippen MR) is 96.6 cm³/mol. The number of halogens is 1. The van der Waals surface area contributed by atoms with Gasteiger partial charge in [-0.3, -0.25) is 4.79 Å². The lowest BCUT2D eigenvalue weighted by Gasteiger charge is -2.28. The minimum atomic E-state index is 0. The number of aryl methyl sites for hydroxylation is 1. The number of rotatable bonds is 7. The van der Waals surface area contributed by atoms with Crippen LogP contribution in [-0.2, 0) is 4.79 Å². The lowest BCUT2D eigenvalue weighted by atomic mass is 10.1. The Morgan fingerprint density at radius 1 is 1.39 bits per heavy atom. The summed E-state index contributed by atoms with van der Waals surface area (Å²) in [5.41, 5.74) is 2.37. The third kappa shape index (κ3) is 5.40. The van der Waals surface area contributed by atoms with Gasteiger partial charge in [-0.1, -0.05) is 19.1 Å². The monoisotopic (exact) mass is 340 g/mol. The van der Waals surface area contributed by atoms with E-state index in [0.29, 0.717) is 19.1 Å². The first-order chi connectivity index (χ1) is 10.6. The van der Waals surface area contributed by atoms with Crippen molar-refractivity contribution in [3.63, 3.8) is 0 Å². The maximum atomic E-state index is 12.5. The summed E-state index contributed by atoms with van der Waals surface area (Å²) in [7, 11) is 0. The summed E-state index contributed by atoms with van der Waals surface area (Å²) in [6.45, 7) is 9.47. The molecular formula is C18H29ClN2O2. The van der Waals surface area contributed by atoms with E-state index in [0.717, 1.165) is 43.8 Å². The third-order valence-corrected chi connectivity index (χ3v) is 4.39. The van der Waals surface area contributed by atoms with Gasteiger partial charge in [0.15, 0.2) is 0 Å². The molecule has 2 rings (SSSR count). The maximum Gasteiger partial charge on any atom is 0.226 e. The van der Waals surface area contributed by atoms with Crippen LogP contribution in [0, 0.1) is 13.8 Å². The molecule has 1 aliphatic rings. The molecule has 1 aromatic rings. The van der Waals surface area contributed by atoms with E-state index in [1.165, 1.54) is 5.56 Å². The summed E-state index contributed by atoms with van der Waals surface area (Å²) < 4.78 is 5.82. The fourth-order valence-electron chi connectivity index (χ4n) is 2.93. The first kappa shape index (κ1) is 19.8. The molecule has 0 spiro atoms. The van der Waals surface area contributed by atoms with E-state index in [4.69, 9.17) is 4.74 Å². The Morgan fingerprint density at radius 2 is 2.17 bits per heavy atom. The summed E-state index contributed by atoms with van der Waals surface area (Å²) in [4.78, 5) is 14.5. The minimum absolute atomic E-state index is 0. The SMILES string of the molecule is CCCN(C(=O)CCOc1cccc(C)c1C)C1CCNC1.Cl. The van der Waals surface area contributed by atoms with Crippen LogP contribution in [-0.4, -0.2) is 43.1 Å². The maximum absolute atomic E-state index is 12.5. The Balaban J connectivity index is 0.00000264. The number of carbonyl (C=O) groups is 1. The molecule has 1 N–H and O–H groups in total. The van der Waals surface area contributed by atoms with Crippen LogP contribution >= 0.6 is 12.4 Å². The first-order valence-electron chi connectivity index (χ1n) is 8.32. The van der Waals surface area contributed by atoms with Crippen molar-refractivity contribution in [3.8, 4) is 5.75 Å². The van der Waals surface area contributed by atoms with E-state index in [9.17, 15) is 4.79 Å². The summed E-state index contributed by atoms with van der Waals surface area (Å²) in [5, 5.41) is 3.34. The highest BCUT2D eigenvalue weighted by Crippen LogP contribution is 2.21. The van der Waals surface area contributed by atoms with Crippen LogP contribution in [0.4, 0.5) is 0 Å². The molecule has 1 saturated heterocycles. The van der Waals surface area contributed by atoms with Gasteiger partial charge in [-0.05, 0) is 50.4 Å². The molecule has 1 atom stereocenters. The zero-order valence-electron chi connectivity index (χ0n) is 14.4. The number of ether oxygens (including phenoxy) is 1. The molecule has 1 unspecified atom stereocenters. The third-order valence-electron chi connectivity index (χ3n) is 4.39. The van der Waals surface area contributed by atoms with E-state index in [1.54, 1.807) is 0 Å². The lowest BCUT2D eigenvalue weighted by Crippen LogP contribution is -2.42. The molecule has 1 fully saturated rings. The van der Waals surface area contributed by atoms with Gasteiger partial charge in [0.1, 0.15) is 5.75 Å². The van der Waals surface area contributed by atoms with Crippen molar-refractivity contribution in [2.45, 2.75) is 46.1 Å². The Kier molecular flexibility index (Phi) is 8.42. The summed E-state index contributed by atoms with van der Waals surface area (Å²) in [6, 6.07) is 6.39. The number of hydrogen-bond acceptors (Lipinski definition) is 3. The molecule has 23 heavy (non-hydrogen) atoms. The number of benzene rings is 1. The van der Waals surface area contributed by atoms with Gasteiger partial charge < -0.3 is 15.0 Å². The lowest BCUT2D eigenvalue weighted by molar-refractivity contribution is -0.133. The standard InChI is InChI=1S/C18H28N2O2.ClH/c1-4-11-20(16-8-10-19-13-16)18(21)9-12-22-17-7-5-6-14(2)15(17)3;/h5-7,16,19H,4,8-13H2,1-3H3;1H. The zero-order valence-corrected chi connectivity index (χ0v) is 15.2. The summed E-state index contributed by atoms with van der Waals surface area (Å²) in [6.07, 6.45) is 2.51. The smallest absolute Gasteiger partial charge is 0.226 e. The van der Waals surface area contributed by atoms with E-state index in [-0.39, 0.29) is 18.3 Å². The van der Waals surface area contributed by atoms with E-state index in [1.807, 2.05) is 17.0 Å². The summed E-state index contributed by atoms with van der Waals surface area (Å²) >= 11 is 0. The summed E-state index contributed by atoms with van der Waals surface area (Å²) in [5.74, 6) is 1.10. The Bertz CT molecular complexity index is 502. The number of hydrogen-bond donors (Lipinski definition) is 1. The number of carbonyl (C=O) groups excluding carboxylic acids is 1. The van der Waals surface area contributed by atoms with Crippen LogP contribution in [0.15, 0.2) is 18.2 Å². The second-order valence-corrected chi connectivity index (χ2v) is 6.03. The Morgan fingerprint density at radius 3 is 2.83 bits per heavy atom. The van der Waals surface area contributed by atoms with Crippen molar-refractivity contribution in [3.05, 3.63) is 29.3 Å². The molecule has 0 aromatic heterocycles. The van der Waals surface area contributed by atoms with Crippen LogP contribution in [0.25, 0.3) is 0 Å². The molecule has 0 radical (unpaired) electrons. The van der Waals surface area contributed by atoms with Gasteiger partial charge >= 0.3 is 0 Å². The van der Waals surface area contributed by atoms with Crippen LogP contribution in [0.1, 0.15) is 37.3 Å². The van der Waals surface area contributed by atoms with Gasteiger partial charge in [0.2, 0.25) is 5.91 Å². The van der Waals surface area contributed by atoms with Gasteiger partial charge in [0.25, 0.3) is 0 Å². The number of amides is 1. The Hall–Kier alpha value is -1.26. The Labute approximate surface area is 146 Å². The highest BCUT2D eigenvalue weighted by atomic mass is 35.5. The highest BCUT2D eigenvalue weighted by Gasteiger charge is 2.25. The van der Waals surface area contributed by atoms with Gasteiger partial charge in [0, 0.05) is 19.1 Å². The molecule has 130 valence electrons. The topological polar surface area (TPSA) is 41.6 Å². The molecule has 0 bridgehead atoms. The molecule has 1 amide bonds. The number of nitrogens with one attached hydrogen (secondary N) is 1. The van der Waals surface area contributed by atoms with E-state index < -0.39 is 0 Å². The molecule has 4 nitrogen and oxygen atoms in total. The zero-order chi connectivity index (χ0) is 15.9. The van der Waals surface area contributed by atoms with Crippen molar-refractivity contribution in [2.75, 3.05) is 26.2 Å². The molecule has 1 aliphatic heterocycles. The molecule has 1 aromatic carbocycles. The van der Waals surface area contributed by atoms with Crippen molar-refractivity contribution < 1.29 is 9.53 Å². The molecular weight excluding hydrogens is 312 g/mol. The largest absolute Gasteiger partial charge is 0.493 e.